The lowest BCUT2D eigenvalue weighted by molar-refractivity contribution is 0.102. The molecule has 0 bridgehead atoms. The van der Waals surface area contributed by atoms with Crippen molar-refractivity contribution in [2.45, 2.75) is 31.3 Å². The van der Waals surface area contributed by atoms with Crippen molar-refractivity contribution in [2.24, 2.45) is 0 Å². The minimum Gasteiger partial charge on any atom is -0.492 e. The molecule has 0 unspecified atom stereocenters. The zero-order chi connectivity index (χ0) is 25.0. The van der Waals surface area contributed by atoms with E-state index in [1.165, 1.54) is 42.7 Å². The number of carbonyl (C=O) groups excluding carboxylic acids is 1. The number of amides is 1. The fourth-order valence-corrected chi connectivity index (χ4v) is 4.76. The van der Waals surface area contributed by atoms with Gasteiger partial charge < -0.3 is 24.6 Å². The summed E-state index contributed by atoms with van der Waals surface area (Å²) in [5, 5.41) is 12.0. The minimum absolute atomic E-state index is 0.0203. The first-order chi connectivity index (χ1) is 16.7. The van der Waals surface area contributed by atoms with Crippen LogP contribution in [0.3, 0.4) is 0 Å². The van der Waals surface area contributed by atoms with Crippen LogP contribution in [0.4, 0.5) is 5.82 Å². The Morgan fingerprint density at radius 3 is 2.69 bits per heavy atom. The number of aliphatic hydroxyl groups is 1. The van der Waals surface area contributed by atoms with Crippen molar-refractivity contribution in [3.8, 4) is 23.0 Å². The molecule has 0 spiro atoms. The number of rotatable bonds is 7. The lowest BCUT2D eigenvalue weighted by Crippen LogP contribution is -2.17. The maximum absolute atomic E-state index is 12.9. The van der Waals surface area contributed by atoms with Gasteiger partial charge >= 0.3 is 0 Å². The van der Waals surface area contributed by atoms with E-state index in [0.717, 1.165) is 0 Å². The van der Waals surface area contributed by atoms with E-state index >= 15 is 0 Å². The van der Waals surface area contributed by atoms with Crippen molar-refractivity contribution in [1.29, 1.82) is 0 Å². The first-order valence-corrected chi connectivity index (χ1v) is 12.6. The van der Waals surface area contributed by atoms with Gasteiger partial charge in [-0.25, -0.2) is 13.4 Å². The maximum atomic E-state index is 12.9. The van der Waals surface area contributed by atoms with E-state index < -0.39 is 21.8 Å². The number of ether oxygens (including phenoxy) is 3. The van der Waals surface area contributed by atoms with Gasteiger partial charge in [-0.1, -0.05) is 0 Å². The normalized spacial score (nSPS) is 15.2. The van der Waals surface area contributed by atoms with Gasteiger partial charge in [0.1, 0.15) is 34.0 Å². The van der Waals surface area contributed by atoms with E-state index in [4.69, 9.17) is 14.2 Å². The van der Waals surface area contributed by atoms with Crippen molar-refractivity contribution < 1.29 is 32.5 Å². The Morgan fingerprint density at radius 1 is 1.14 bits per heavy atom. The van der Waals surface area contributed by atoms with Crippen LogP contribution in [0, 0.1) is 6.92 Å². The molecule has 2 aromatic carbocycles. The van der Waals surface area contributed by atoms with Crippen molar-refractivity contribution in [3.05, 3.63) is 60.0 Å². The third kappa shape index (κ3) is 6.06. The van der Waals surface area contributed by atoms with Crippen molar-refractivity contribution >= 4 is 21.6 Å². The highest BCUT2D eigenvalue weighted by molar-refractivity contribution is 7.91. The van der Waals surface area contributed by atoms with Gasteiger partial charge in [0.25, 0.3) is 5.91 Å². The highest BCUT2D eigenvalue weighted by Crippen LogP contribution is 2.35. The Labute approximate surface area is 202 Å². The Hall–Kier alpha value is -3.70. The maximum Gasteiger partial charge on any atom is 0.257 e. The average Bonchev–Trinajstić information content (AvgIpc) is 2.97. The average molecular weight is 500 g/mol. The molecule has 0 fully saturated rings. The van der Waals surface area contributed by atoms with Gasteiger partial charge in [-0.3, -0.25) is 9.78 Å². The van der Waals surface area contributed by atoms with E-state index in [1.54, 1.807) is 19.9 Å². The third-order valence-electron chi connectivity index (χ3n) is 5.06. The number of anilines is 1. The predicted octanol–water partition coefficient (Wildman–Crippen LogP) is 3.15. The van der Waals surface area contributed by atoms with Crippen LogP contribution in [0.1, 0.15) is 29.4 Å². The summed E-state index contributed by atoms with van der Waals surface area (Å²) in [6.45, 7) is 3.53. The molecule has 184 valence electrons. The van der Waals surface area contributed by atoms with Crippen LogP contribution in [-0.4, -0.2) is 54.5 Å². The molecule has 1 atom stereocenters. The van der Waals surface area contributed by atoms with Crippen molar-refractivity contribution in [2.75, 3.05) is 24.3 Å². The number of aliphatic hydroxyl groups excluding tert-OH is 1. The number of aryl methyl sites for hydroxylation is 1. The molecule has 0 aliphatic carbocycles. The third-order valence-corrected chi connectivity index (χ3v) is 6.89. The van der Waals surface area contributed by atoms with Gasteiger partial charge in [0.2, 0.25) is 0 Å². The van der Waals surface area contributed by atoms with Crippen molar-refractivity contribution in [3.63, 3.8) is 0 Å². The van der Waals surface area contributed by atoms with Crippen LogP contribution >= 0.6 is 0 Å². The van der Waals surface area contributed by atoms with E-state index in [9.17, 15) is 18.3 Å². The Morgan fingerprint density at radius 2 is 1.94 bits per heavy atom. The first-order valence-electron chi connectivity index (χ1n) is 10.9. The topological polar surface area (TPSA) is 137 Å². The molecule has 4 rings (SSSR count). The van der Waals surface area contributed by atoms with E-state index in [0.29, 0.717) is 23.6 Å². The molecule has 0 saturated heterocycles. The van der Waals surface area contributed by atoms with Crippen LogP contribution in [-0.2, 0) is 9.84 Å². The molecule has 1 aliphatic rings. The fraction of sp³-hybridized carbons (Fsp3) is 0.292. The zero-order valence-corrected chi connectivity index (χ0v) is 20.0. The number of aromatic nitrogens is 2. The van der Waals surface area contributed by atoms with E-state index in [-0.39, 0.29) is 46.7 Å². The highest BCUT2D eigenvalue weighted by atomic mass is 32.2. The van der Waals surface area contributed by atoms with Crippen LogP contribution in [0.15, 0.2) is 53.7 Å². The second-order valence-corrected chi connectivity index (χ2v) is 10.1. The Bertz CT molecular complexity index is 1330. The molecule has 0 radical (unpaired) electrons. The molecule has 1 aliphatic heterocycles. The number of fused-ring (bicyclic) bond motifs is 1. The molecule has 1 aromatic heterocycles. The summed E-state index contributed by atoms with van der Waals surface area (Å²) in [7, 11) is -3.43. The van der Waals surface area contributed by atoms with E-state index in [1.807, 2.05) is 0 Å². The Kier molecular flexibility index (Phi) is 7.17. The largest absolute Gasteiger partial charge is 0.492 e. The summed E-state index contributed by atoms with van der Waals surface area (Å²) in [5.41, 5.74) is 0.934. The number of carbonyl (C=O) groups is 1. The predicted molar refractivity (Wildman–Crippen MR) is 127 cm³/mol. The smallest absolute Gasteiger partial charge is 0.257 e. The van der Waals surface area contributed by atoms with E-state index in [2.05, 4.69) is 15.3 Å². The number of hydrogen-bond acceptors (Lipinski definition) is 9. The van der Waals surface area contributed by atoms with Gasteiger partial charge in [0.05, 0.1) is 37.1 Å². The van der Waals surface area contributed by atoms with Crippen LogP contribution < -0.4 is 19.5 Å². The summed E-state index contributed by atoms with van der Waals surface area (Å²) in [4.78, 5) is 21.2. The molecule has 10 nitrogen and oxygen atoms in total. The summed E-state index contributed by atoms with van der Waals surface area (Å²) in [5.74, 6) is 0.948. The molecule has 35 heavy (non-hydrogen) atoms. The molecule has 1 amide bonds. The van der Waals surface area contributed by atoms with Crippen LogP contribution in [0.25, 0.3) is 0 Å². The first kappa shape index (κ1) is 24.4. The number of nitrogens with zero attached hydrogens (tertiary/aromatic N) is 2. The molecule has 2 heterocycles. The number of sulfone groups is 1. The Balaban J connectivity index is 1.63. The molecule has 3 aromatic rings. The lowest BCUT2D eigenvalue weighted by Gasteiger charge is -2.16. The second-order valence-electron chi connectivity index (χ2n) is 8.03. The van der Waals surface area contributed by atoms with Gasteiger partial charge in [0, 0.05) is 17.7 Å². The monoisotopic (exact) mass is 499 g/mol. The number of nitrogens with one attached hydrogen (secondary N) is 1. The summed E-state index contributed by atoms with van der Waals surface area (Å²) >= 11 is 0. The lowest BCUT2D eigenvalue weighted by atomic mass is 10.2. The summed E-state index contributed by atoms with van der Waals surface area (Å²) in [6, 6.07) is 9.07. The van der Waals surface area contributed by atoms with Crippen LogP contribution in [0.2, 0.25) is 0 Å². The highest BCUT2D eigenvalue weighted by Gasteiger charge is 2.24. The minimum atomic E-state index is -3.43. The standard InChI is InChI=1S/C24H25N3O7S/c1-15-12-26-23(13-25-15)27-24(29)17-8-19(33-16(2)14-28)10-20(9-17)34-18-4-5-22-21(11-18)32-6-3-7-35(22,30)31/h4-5,8-13,16,28H,3,6-7,14H2,1-2H3,(H,26,27,29)/t16-/m0/s1. The van der Waals surface area contributed by atoms with Gasteiger partial charge in [0.15, 0.2) is 15.7 Å². The van der Waals surface area contributed by atoms with Gasteiger partial charge in [-0.2, -0.15) is 0 Å². The second kappa shape index (κ2) is 10.3. The SMILES string of the molecule is Cc1cnc(NC(=O)c2cc(Oc3ccc4c(c3)OCCCS4(=O)=O)cc(O[C@@H](C)CO)c2)cn1. The number of benzene rings is 2. The van der Waals surface area contributed by atoms with Crippen LogP contribution in [0.5, 0.6) is 23.0 Å². The molecular formula is C24H25N3O7S. The van der Waals surface area contributed by atoms with Crippen molar-refractivity contribution in [1.82, 2.24) is 9.97 Å². The summed E-state index contributed by atoms with van der Waals surface area (Å²) in [6.07, 6.45) is 2.87. The quantitative estimate of drug-likeness (QED) is 0.502. The molecule has 0 saturated carbocycles. The van der Waals surface area contributed by atoms with Gasteiger partial charge in [-0.15, -0.1) is 0 Å². The fourth-order valence-electron chi connectivity index (χ4n) is 3.34. The molecule has 11 heteroatoms. The van der Waals surface area contributed by atoms with Gasteiger partial charge in [-0.05, 0) is 44.5 Å². The zero-order valence-electron chi connectivity index (χ0n) is 19.2. The number of hydrogen-bond donors (Lipinski definition) is 2. The molecule has 2 N–H and O–H groups in total. The molecular weight excluding hydrogens is 474 g/mol. The summed E-state index contributed by atoms with van der Waals surface area (Å²) < 4.78 is 42.1.